The Morgan fingerprint density at radius 3 is 2.05 bits per heavy atom. The van der Waals surface area contributed by atoms with Crippen molar-refractivity contribution in [1.82, 2.24) is 4.90 Å². The Balaban J connectivity index is 1.97. The van der Waals surface area contributed by atoms with Crippen molar-refractivity contribution < 1.29 is 14.7 Å². The molecule has 20 heavy (non-hydrogen) atoms. The first-order valence-corrected chi connectivity index (χ1v) is 6.86. The first-order valence-electron chi connectivity index (χ1n) is 6.86. The Morgan fingerprint density at radius 1 is 1.05 bits per heavy atom. The van der Waals surface area contributed by atoms with Crippen LogP contribution in [0.4, 0.5) is 5.69 Å². The summed E-state index contributed by atoms with van der Waals surface area (Å²) in [5.41, 5.74) is 2.42. The van der Waals surface area contributed by atoms with Crippen molar-refractivity contribution in [3.8, 4) is 0 Å². The first kappa shape index (κ1) is 14.4. The van der Waals surface area contributed by atoms with Gasteiger partial charge in [0.15, 0.2) is 0 Å². The number of carboxylic acid groups (broad SMARTS) is 1. The van der Waals surface area contributed by atoms with Gasteiger partial charge >= 0.3 is 11.9 Å². The van der Waals surface area contributed by atoms with Gasteiger partial charge in [0.1, 0.15) is 0 Å². The lowest BCUT2D eigenvalue weighted by molar-refractivity contribution is -0.156. The van der Waals surface area contributed by atoms with Crippen LogP contribution in [-0.4, -0.2) is 48.1 Å². The monoisotopic (exact) mass is 276 g/mol. The minimum absolute atomic E-state index is 0.455. The van der Waals surface area contributed by atoms with Crippen LogP contribution >= 0.6 is 0 Å². The lowest BCUT2D eigenvalue weighted by Crippen LogP contribution is -2.50. The zero-order chi connectivity index (χ0) is 14.7. The molecule has 2 rings (SSSR count). The van der Waals surface area contributed by atoms with Crippen LogP contribution in [0.15, 0.2) is 24.3 Å². The Kier molecular flexibility index (Phi) is 4.27. The molecule has 1 fully saturated rings. The highest BCUT2D eigenvalue weighted by Gasteiger charge is 2.25. The van der Waals surface area contributed by atoms with Crippen molar-refractivity contribution in [2.45, 2.75) is 19.8 Å². The van der Waals surface area contributed by atoms with Gasteiger partial charge in [0.25, 0.3) is 0 Å². The van der Waals surface area contributed by atoms with Crippen LogP contribution in [0.2, 0.25) is 0 Å². The third-order valence-electron chi connectivity index (χ3n) is 3.67. The Hall–Kier alpha value is -2.04. The summed E-state index contributed by atoms with van der Waals surface area (Å²) in [6.45, 7) is 6.56. The molecule has 0 unspecified atom stereocenters. The number of rotatable bonds is 2. The van der Waals surface area contributed by atoms with Crippen LogP contribution in [0.25, 0.3) is 0 Å². The van der Waals surface area contributed by atoms with Crippen molar-refractivity contribution in [2.24, 2.45) is 0 Å². The van der Waals surface area contributed by atoms with E-state index in [1.165, 1.54) is 10.5 Å². The molecule has 1 heterocycles. The van der Waals surface area contributed by atoms with E-state index in [9.17, 15) is 9.59 Å². The summed E-state index contributed by atoms with van der Waals surface area (Å²) in [5.74, 6) is -1.67. The molecule has 0 atom stereocenters. The standard InChI is InChI=1S/C15H20N2O3/c1-11(2)12-3-5-13(6-4-12)16-7-9-17(10-8-16)14(18)15(19)20/h3-6,11H,7-10H2,1-2H3,(H,19,20). The van der Waals surface area contributed by atoms with Gasteiger partial charge in [-0.15, -0.1) is 0 Å². The van der Waals surface area contributed by atoms with E-state index in [2.05, 4.69) is 43.0 Å². The van der Waals surface area contributed by atoms with Gasteiger partial charge in [-0.25, -0.2) is 4.79 Å². The predicted molar refractivity (Wildman–Crippen MR) is 77.0 cm³/mol. The summed E-state index contributed by atoms with van der Waals surface area (Å²) in [6.07, 6.45) is 0. The van der Waals surface area contributed by atoms with Crippen LogP contribution in [0.3, 0.4) is 0 Å². The molecule has 1 amide bonds. The number of piperazine rings is 1. The molecule has 5 nitrogen and oxygen atoms in total. The number of nitrogens with zero attached hydrogens (tertiary/aromatic N) is 2. The smallest absolute Gasteiger partial charge is 0.394 e. The maximum Gasteiger partial charge on any atom is 0.394 e. The fraction of sp³-hybridized carbons (Fsp3) is 0.467. The summed E-state index contributed by atoms with van der Waals surface area (Å²) in [5, 5.41) is 8.69. The van der Waals surface area contributed by atoms with Gasteiger partial charge in [-0.05, 0) is 23.6 Å². The second kappa shape index (κ2) is 5.94. The van der Waals surface area contributed by atoms with E-state index < -0.39 is 11.9 Å². The Morgan fingerprint density at radius 2 is 1.60 bits per heavy atom. The van der Waals surface area contributed by atoms with Crippen molar-refractivity contribution in [3.63, 3.8) is 0 Å². The number of carbonyl (C=O) groups is 2. The van der Waals surface area contributed by atoms with Crippen LogP contribution in [0.5, 0.6) is 0 Å². The second-order valence-electron chi connectivity index (χ2n) is 5.33. The largest absolute Gasteiger partial charge is 0.474 e. The molecule has 0 aromatic heterocycles. The highest BCUT2D eigenvalue weighted by Crippen LogP contribution is 2.21. The van der Waals surface area contributed by atoms with Crippen molar-refractivity contribution in [2.75, 3.05) is 31.1 Å². The lowest BCUT2D eigenvalue weighted by atomic mass is 10.0. The average Bonchev–Trinajstić information content (AvgIpc) is 2.46. The minimum atomic E-state index is -1.38. The highest BCUT2D eigenvalue weighted by molar-refractivity contribution is 6.31. The van der Waals surface area contributed by atoms with Gasteiger partial charge in [0.05, 0.1) is 0 Å². The lowest BCUT2D eigenvalue weighted by Gasteiger charge is -2.35. The molecule has 0 bridgehead atoms. The summed E-state index contributed by atoms with van der Waals surface area (Å²) < 4.78 is 0. The molecule has 5 heteroatoms. The first-order chi connectivity index (χ1) is 9.49. The molecular weight excluding hydrogens is 256 g/mol. The van der Waals surface area contributed by atoms with Crippen molar-refractivity contribution >= 4 is 17.6 Å². The van der Waals surface area contributed by atoms with Gasteiger partial charge in [-0.2, -0.15) is 0 Å². The van der Waals surface area contributed by atoms with Gasteiger partial charge in [-0.3, -0.25) is 4.79 Å². The van der Waals surface area contributed by atoms with Crippen LogP contribution in [-0.2, 0) is 9.59 Å². The van der Waals surface area contributed by atoms with Gasteiger partial charge in [-0.1, -0.05) is 26.0 Å². The molecule has 0 aliphatic carbocycles. The number of carbonyl (C=O) groups excluding carboxylic acids is 1. The zero-order valence-electron chi connectivity index (χ0n) is 11.9. The number of aliphatic carboxylic acids is 1. The molecule has 0 spiro atoms. The number of carboxylic acids is 1. The Labute approximate surface area is 118 Å². The van der Waals surface area contributed by atoms with Crippen LogP contribution in [0.1, 0.15) is 25.3 Å². The molecule has 1 aromatic carbocycles. The van der Waals surface area contributed by atoms with E-state index >= 15 is 0 Å². The Bertz CT molecular complexity index is 488. The molecule has 0 radical (unpaired) electrons. The second-order valence-corrected chi connectivity index (χ2v) is 5.33. The number of hydrogen-bond donors (Lipinski definition) is 1. The molecule has 1 aromatic rings. The normalized spacial score (nSPS) is 15.6. The fourth-order valence-corrected chi connectivity index (χ4v) is 2.37. The van der Waals surface area contributed by atoms with Crippen LogP contribution in [0, 0.1) is 0 Å². The van der Waals surface area contributed by atoms with Gasteiger partial charge in [0.2, 0.25) is 0 Å². The summed E-state index contributed by atoms with van der Waals surface area (Å²) in [6, 6.07) is 8.41. The molecule has 1 saturated heterocycles. The number of amides is 1. The molecule has 1 aliphatic heterocycles. The molecular formula is C15H20N2O3. The van der Waals surface area contributed by atoms with E-state index in [0.29, 0.717) is 32.1 Å². The quantitative estimate of drug-likeness (QED) is 0.832. The highest BCUT2D eigenvalue weighted by atomic mass is 16.4. The summed E-state index contributed by atoms with van der Waals surface area (Å²) in [4.78, 5) is 25.6. The maximum absolute atomic E-state index is 11.4. The number of anilines is 1. The zero-order valence-corrected chi connectivity index (χ0v) is 11.9. The van der Waals surface area contributed by atoms with Crippen molar-refractivity contribution in [3.05, 3.63) is 29.8 Å². The summed E-state index contributed by atoms with van der Waals surface area (Å²) in [7, 11) is 0. The molecule has 1 aliphatic rings. The topological polar surface area (TPSA) is 60.9 Å². The maximum atomic E-state index is 11.4. The van der Waals surface area contributed by atoms with Crippen molar-refractivity contribution in [1.29, 1.82) is 0 Å². The molecule has 108 valence electrons. The molecule has 0 saturated carbocycles. The van der Waals surface area contributed by atoms with E-state index in [-0.39, 0.29) is 0 Å². The van der Waals surface area contributed by atoms with E-state index in [1.54, 1.807) is 0 Å². The third-order valence-corrected chi connectivity index (χ3v) is 3.67. The van der Waals surface area contributed by atoms with Crippen LogP contribution < -0.4 is 4.90 Å². The van der Waals surface area contributed by atoms with Gasteiger partial charge in [0, 0.05) is 31.9 Å². The SMILES string of the molecule is CC(C)c1ccc(N2CCN(C(=O)C(=O)O)CC2)cc1. The minimum Gasteiger partial charge on any atom is -0.474 e. The van der Waals surface area contributed by atoms with Gasteiger partial charge < -0.3 is 14.9 Å². The van der Waals surface area contributed by atoms with E-state index in [4.69, 9.17) is 5.11 Å². The fourth-order valence-electron chi connectivity index (χ4n) is 2.37. The third kappa shape index (κ3) is 3.10. The van der Waals surface area contributed by atoms with E-state index in [0.717, 1.165) is 5.69 Å². The number of benzene rings is 1. The average molecular weight is 276 g/mol. The van der Waals surface area contributed by atoms with E-state index in [1.807, 2.05) is 0 Å². The summed E-state index contributed by atoms with van der Waals surface area (Å²) >= 11 is 0. The predicted octanol–water partition coefficient (Wildman–Crippen LogP) is 1.54. The number of hydrogen-bond acceptors (Lipinski definition) is 3. The molecule has 1 N–H and O–H groups in total.